The second kappa shape index (κ2) is 6.76. The second-order valence-corrected chi connectivity index (χ2v) is 6.36. The molecule has 1 amide bonds. The first-order valence-corrected chi connectivity index (χ1v) is 7.67. The van der Waals surface area contributed by atoms with E-state index in [1.54, 1.807) is 11.0 Å². The first-order chi connectivity index (χ1) is 8.05. The van der Waals surface area contributed by atoms with Crippen molar-refractivity contribution in [3.63, 3.8) is 0 Å². The normalized spacial score (nSPS) is 16.1. The van der Waals surface area contributed by atoms with E-state index in [4.69, 9.17) is 0 Å². The van der Waals surface area contributed by atoms with E-state index < -0.39 is 9.84 Å². The number of sulfone groups is 1. The Balaban J connectivity index is 2.32. The molecule has 98 valence electrons. The average Bonchev–Trinajstić information content (AvgIpc) is 2.77. The first-order valence-electron chi connectivity index (χ1n) is 5.85. The second-order valence-electron chi connectivity index (χ2n) is 4.17. The van der Waals surface area contributed by atoms with Crippen molar-refractivity contribution in [1.82, 2.24) is 10.2 Å². The van der Waals surface area contributed by atoms with Gasteiger partial charge in [0.1, 0.15) is 5.75 Å². The van der Waals surface area contributed by atoms with Gasteiger partial charge in [-0.05, 0) is 12.8 Å². The molecule has 1 saturated heterocycles. The van der Waals surface area contributed by atoms with Crippen molar-refractivity contribution in [2.24, 2.45) is 0 Å². The van der Waals surface area contributed by atoms with E-state index in [0.717, 1.165) is 12.8 Å². The van der Waals surface area contributed by atoms with Crippen LogP contribution in [0.2, 0.25) is 0 Å². The molecule has 0 aromatic heterocycles. The van der Waals surface area contributed by atoms with Crippen LogP contribution in [0.1, 0.15) is 12.8 Å². The number of nitrogens with one attached hydrogen (secondary N) is 1. The van der Waals surface area contributed by atoms with E-state index in [9.17, 15) is 13.2 Å². The van der Waals surface area contributed by atoms with E-state index in [1.807, 2.05) is 0 Å². The Labute approximate surface area is 103 Å². The largest absolute Gasteiger partial charge is 0.342 e. The molecule has 0 spiro atoms. The average molecular weight is 260 g/mol. The summed E-state index contributed by atoms with van der Waals surface area (Å²) in [7, 11) is -3.29. The maximum absolute atomic E-state index is 11.7. The molecule has 0 bridgehead atoms. The van der Waals surface area contributed by atoms with Crippen molar-refractivity contribution in [3.05, 3.63) is 12.7 Å². The van der Waals surface area contributed by atoms with Gasteiger partial charge in [-0.3, -0.25) is 4.79 Å². The van der Waals surface area contributed by atoms with Crippen molar-refractivity contribution in [2.75, 3.05) is 37.7 Å². The summed E-state index contributed by atoms with van der Waals surface area (Å²) in [5.74, 6) is -0.616. The van der Waals surface area contributed by atoms with Crippen LogP contribution in [-0.4, -0.2) is 56.9 Å². The summed E-state index contributed by atoms with van der Waals surface area (Å²) in [6.45, 7) is 5.86. The highest BCUT2D eigenvalue weighted by Crippen LogP contribution is 2.08. The summed E-state index contributed by atoms with van der Waals surface area (Å²) in [4.78, 5) is 13.3. The topological polar surface area (TPSA) is 66.5 Å². The predicted octanol–water partition coefficient (Wildman–Crippen LogP) is -0.201. The smallest absolute Gasteiger partial charge is 0.237 e. The monoisotopic (exact) mass is 260 g/mol. The number of rotatable bonds is 7. The minimum atomic E-state index is -3.29. The quantitative estimate of drug-likeness (QED) is 0.508. The van der Waals surface area contributed by atoms with Gasteiger partial charge in [0.2, 0.25) is 5.91 Å². The van der Waals surface area contributed by atoms with E-state index >= 15 is 0 Å². The molecule has 6 heteroatoms. The highest BCUT2D eigenvalue weighted by atomic mass is 32.2. The highest BCUT2D eigenvalue weighted by Gasteiger charge is 2.23. The minimum Gasteiger partial charge on any atom is -0.342 e. The van der Waals surface area contributed by atoms with Crippen LogP contribution in [0.3, 0.4) is 0 Å². The summed E-state index contributed by atoms with van der Waals surface area (Å²) in [6, 6.07) is 0. The lowest BCUT2D eigenvalue weighted by Crippen LogP contribution is -2.35. The van der Waals surface area contributed by atoms with Crippen LogP contribution >= 0.6 is 0 Å². The zero-order chi connectivity index (χ0) is 12.7. The van der Waals surface area contributed by atoms with Gasteiger partial charge < -0.3 is 10.2 Å². The fourth-order valence-electron chi connectivity index (χ4n) is 1.75. The molecule has 0 atom stereocenters. The third kappa shape index (κ3) is 5.32. The number of carbonyl (C=O) groups excluding carboxylic acids is 1. The third-order valence-electron chi connectivity index (χ3n) is 2.68. The van der Waals surface area contributed by atoms with E-state index in [0.29, 0.717) is 26.2 Å². The van der Waals surface area contributed by atoms with Crippen LogP contribution in [0.5, 0.6) is 0 Å². The molecule has 1 fully saturated rings. The molecule has 0 unspecified atom stereocenters. The van der Waals surface area contributed by atoms with Gasteiger partial charge in [-0.1, -0.05) is 6.08 Å². The van der Waals surface area contributed by atoms with E-state index in [-0.39, 0.29) is 17.4 Å². The van der Waals surface area contributed by atoms with Gasteiger partial charge in [-0.25, -0.2) is 8.42 Å². The fraction of sp³-hybridized carbons (Fsp3) is 0.727. The third-order valence-corrected chi connectivity index (χ3v) is 4.19. The molecule has 0 saturated carbocycles. The molecule has 1 aliphatic heterocycles. The molecule has 1 rings (SSSR count). The summed E-state index contributed by atoms with van der Waals surface area (Å²) in [5, 5.41) is 2.91. The van der Waals surface area contributed by atoms with Crippen LogP contribution in [0.4, 0.5) is 0 Å². The van der Waals surface area contributed by atoms with Crippen LogP contribution in [0.25, 0.3) is 0 Å². The van der Waals surface area contributed by atoms with Crippen LogP contribution < -0.4 is 5.32 Å². The highest BCUT2D eigenvalue weighted by molar-refractivity contribution is 7.92. The Hall–Kier alpha value is -0.880. The molecule has 5 nitrogen and oxygen atoms in total. The predicted molar refractivity (Wildman–Crippen MR) is 67.5 cm³/mol. The number of hydrogen-bond donors (Lipinski definition) is 1. The minimum absolute atomic E-state index is 0.000417. The Morgan fingerprint density at radius 1 is 1.35 bits per heavy atom. The molecule has 0 aromatic carbocycles. The van der Waals surface area contributed by atoms with Gasteiger partial charge in [0, 0.05) is 26.2 Å². The van der Waals surface area contributed by atoms with Crippen molar-refractivity contribution >= 4 is 15.7 Å². The summed E-state index contributed by atoms with van der Waals surface area (Å²) >= 11 is 0. The molecule has 1 heterocycles. The number of amides is 1. The van der Waals surface area contributed by atoms with Gasteiger partial charge in [0.05, 0.1) is 5.75 Å². The molecule has 0 radical (unpaired) electrons. The molecular formula is C11H20N2O3S. The zero-order valence-electron chi connectivity index (χ0n) is 10.0. The van der Waals surface area contributed by atoms with Gasteiger partial charge >= 0.3 is 0 Å². The molecule has 0 aliphatic carbocycles. The van der Waals surface area contributed by atoms with Crippen molar-refractivity contribution < 1.29 is 13.2 Å². The van der Waals surface area contributed by atoms with Crippen LogP contribution in [-0.2, 0) is 14.6 Å². The molecular weight excluding hydrogens is 240 g/mol. The number of likely N-dealkylation sites (tertiary alicyclic amines) is 1. The lowest BCUT2D eigenvalue weighted by Gasteiger charge is -2.15. The summed E-state index contributed by atoms with van der Waals surface area (Å²) in [6.07, 6.45) is 3.63. The Bertz CT molecular complexity index is 359. The molecule has 1 aliphatic rings. The first kappa shape index (κ1) is 14.2. The molecule has 17 heavy (non-hydrogen) atoms. The summed E-state index contributed by atoms with van der Waals surface area (Å²) < 4.78 is 23.3. The molecule has 0 aromatic rings. The lowest BCUT2D eigenvalue weighted by atomic mass is 10.4. The standard InChI is InChI=1S/C11H20N2O3S/c1-2-5-12-6-9-17(15,16)10-11(14)13-7-3-4-8-13/h2,12H,1,3-10H2. The van der Waals surface area contributed by atoms with E-state index in [2.05, 4.69) is 11.9 Å². The Morgan fingerprint density at radius 2 is 2.00 bits per heavy atom. The van der Waals surface area contributed by atoms with Crippen molar-refractivity contribution in [2.45, 2.75) is 12.8 Å². The van der Waals surface area contributed by atoms with Gasteiger partial charge in [-0.2, -0.15) is 0 Å². The van der Waals surface area contributed by atoms with Gasteiger partial charge in [0.15, 0.2) is 9.84 Å². The molecule has 1 N–H and O–H groups in total. The lowest BCUT2D eigenvalue weighted by molar-refractivity contribution is -0.127. The van der Waals surface area contributed by atoms with Crippen LogP contribution in [0.15, 0.2) is 12.7 Å². The maximum atomic E-state index is 11.7. The SMILES string of the molecule is C=CCNCCS(=O)(=O)CC(=O)N1CCCC1. The van der Waals surface area contributed by atoms with Crippen molar-refractivity contribution in [3.8, 4) is 0 Å². The van der Waals surface area contributed by atoms with Crippen molar-refractivity contribution in [1.29, 1.82) is 0 Å². The van der Waals surface area contributed by atoms with Crippen LogP contribution in [0, 0.1) is 0 Å². The zero-order valence-corrected chi connectivity index (χ0v) is 10.8. The Morgan fingerprint density at radius 3 is 2.59 bits per heavy atom. The fourth-order valence-corrected chi connectivity index (χ4v) is 2.91. The number of hydrogen-bond acceptors (Lipinski definition) is 4. The van der Waals surface area contributed by atoms with E-state index in [1.165, 1.54) is 0 Å². The summed E-state index contributed by atoms with van der Waals surface area (Å²) in [5.41, 5.74) is 0. The maximum Gasteiger partial charge on any atom is 0.237 e. The number of carbonyl (C=O) groups is 1. The number of nitrogens with zero attached hydrogens (tertiary/aromatic N) is 1. The van der Waals surface area contributed by atoms with Gasteiger partial charge in [0.25, 0.3) is 0 Å². The van der Waals surface area contributed by atoms with Gasteiger partial charge in [-0.15, -0.1) is 6.58 Å². The Kier molecular flexibility index (Phi) is 5.64.